The highest BCUT2D eigenvalue weighted by Gasteiger charge is 2.32. The van der Waals surface area contributed by atoms with Crippen LogP contribution in [0.4, 0.5) is 0 Å². The number of amides is 1. The summed E-state index contributed by atoms with van der Waals surface area (Å²) < 4.78 is 1.74. The molecule has 1 aromatic heterocycles. The smallest absolute Gasteiger partial charge is 0.250 e. The summed E-state index contributed by atoms with van der Waals surface area (Å²) in [7, 11) is 0. The van der Waals surface area contributed by atoms with Crippen LogP contribution in [0, 0.1) is 5.92 Å². The normalized spacial score (nSPS) is 19.6. The van der Waals surface area contributed by atoms with Crippen molar-refractivity contribution in [1.82, 2.24) is 20.1 Å². The van der Waals surface area contributed by atoms with Crippen molar-refractivity contribution in [2.45, 2.75) is 64.5 Å². The van der Waals surface area contributed by atoms with Crippen LogP contribution in [0.1, 0.15) is 51.9 Å². The van der Waals surface area contributed by atoms with E-state index in [9.17, 15) is 9.59 Å². The summed E-state index contributed by atoms with van der Waals surface area (Å²) >= 11 is 0. The standard InChI is InChI=1S/C22H35N5O2.HI/c1-2-23-22(24-13-6-8-15-26-14-7-5-11-20(26)28)25-19-12-16-27(17-19)21(29)18-9-3-4-10-18;/h5,7,11,14,18-19H,2-4,6,8-10,12-13,15-17H2,1H3,(H2,23,24,25);1H. The van der Waals surface area contributed by atoms with Crippen LogP contribution in [0.2, 0.25) is 0 Å². The predicted molar refractivity (Wildman–Crippen MR) is 131 cm³/mol. The van der Waals surface area contributed by atoms with Gasteiger partial charge in [-0.05, 0) is 45.1 Å². The number of rotatable bonds is 8. The molecule has 2 fully saturated rings. The second-order valence-corrected chi connectivity index (χ2v) is 8.10. The number of pyridine rings is 1. The molecule has 7 nitrogen and oxygen atoms in total. The van der Waals surface area contributed by atoms with E-state index in [2.05, 4.69) is 22.5 Å². The van der Waals surface area contributed by atoms with Crippen LogP contribution in [0.15, 0.2) is 34.2 Å². The van der Waals surface area contributed by atoms with Crippen molar-refractivity contribution in [3.63, 3.8) is 0 Å². The third-order valence-electron chi connectivity index (χ3n) is 5.87. The summed E-state index contributed by atoms with van der Waals surface area (Å²) in [5.41, 5.74) is 0.0453. The predicted octanol–water partition coefficient (Wildman–Crippen LogP) is 2.59. The van der Waals surface area contributed by atoms with Gasteiger partial charge >= 0.3 is 0 Å². The van der Waals surface area contributed by atoms with E-state index < -0.39 is 0 Å². The molecule has 1 unspecified atom stereocenters. The summed E-state index contributed by atoms with van der Waals surface area (Å²) in [5, 5.41) is 6.81. The van der Waals surface area contributed by atoms with Gasteiger partial charge in [-0.15, -0.1) is 24.0 Å². The van der Waals surface area contributed by atoms with Crippen molar-refractivity contribution in [1.29, 1.82) is 0 Å². The summed E-state index contributed by atoms with van der Waals surface area (Å²) in [5.74, 6) is 1.43. The van der Waals surface area contributed by atoms with Gasteiger partial charge in [0, 0.05) is 56.9 Å². The van der Waals surface area contributed by atoms with Crippen LogP contribution in [0.25, 0.3) is 0 Å². The Hall–Kier alpha value is -1.58. The van der Waals surface area contributed by atoms with E-state index in [1.54, 1.807) is 16.7 Å². The van der Waals surface area contributed by atoms with Gasteiger partial charge in [0.15, 0.2) is 5.96 Å². The minimum absolute atomic E-state index is 0. The Morgan fingerprint density at radius 2 is 2.00 bits per heavy atom. The number of carbonyl (C=O) groups is 1. The van der Waals surface area contributed by atoms with Gasteiger partial charge in [0.1, 0.15) is 0 Å². The highest BCUT2D eigenvalue weighted by molar-refractivity contribution is 14.0. The van der Waals surface area contributed by atoms with Gasteiger partial charge in [0.05, 0.1) is 0 Å². The zero-order valence-corrected chi connectivity index (χ0v) is 20.3. The van der Waals surface area contributed by atoms with Crippen molar-refractivity contribution in [2.24, 2.45) is 10.9 Å². The second kappa shape index (κ2) is 13.0. The maximum absolute atomic E-state index is 12.6. The molecule has 1 saturated carbocycles. The molecule has 0 aromatic carbocycles. The Morgan fingerprint density at radius 1 is 1.20 bits per heavy atom. The number of nitrogens with zero attached hydrogens (tertiary/aromatic N) is 3. The SMILES string of the molecule is CCNC(=NCCCCn1ccccc1=O)NC1CCN(C(=O)C2CCCC2)C1.I. The molecule has 168 valence electrons. The number of aryl methyl sites for hydroxylation is 1. The minimum atomic E-state index is 0. The first kappa shape index (κ1) is 24.7. The Labute approximate surface area is 196 Å². The summed E-state index contributed by atoms with van der Waals surface area (Å²) in [6.45, 7) is 5.93. The average Bonchev–Trinajstić information content (AvgIpc) is 3.41. The number of likely N-dealkylation sites (tertiary alicyclic amines) is 1. The highest BCUT2D eigenvalue weighted by Crippen LogP contribution is 2.27. The molecule has 2 N–H and O–H groups in total. The van der Waals surface area contributed by atoms with Crippen LogP contribution in [-0.4, -0.2) is 53.6 Å². The number of halogens is 1. The summed E-state index contributed by atoms with van der Waals surface area (Å²) in [6, 6.07) is 5.51. The number of unbranched alkanes of at least 4 members (excludes halogenated alkanes) is 1. The first-order valence-electron chi connectivity index (χ1n) is 11.2. The lowest BCUT2D eigenvalue weighted by molar-refractivity contribution is -0.134. The quantitative estimate of drug-likeness (QED) is 0.235. The van der Waals surface area contributed by atoms with Crippen molar-refractivity contribution < 1.29 is 4.79 Å². The van der Waals surface area contributed by atoms with E-state index >= 15 is 0 Å². The van der Waals surface area contributed by atoms with Crippen molar-refractivity contribution in [3.8, 4) is 0 Å². The lowest BCUT2D eigenvalue weighted by atomic mass is 10.1. The van der Waals surface area contributed by atoms with Gasteiger partial charge in [0.2, 0.25) is 11.5 Å². The van der Waals surface area contributed by atoms with E-state index in [4.69, 9.17) is 0 Å². The van der Waals surface area contributed by atoms with Gasteiger partial charge in [-0.2, -0.15) is 0 Å². The van der Waals surface area contributed by atoms with E-state index in [0.29, 0.717) is 12.5 Å². The second-order valence-electron chi connectivity index (χ2n) is 8.10. The van der Waals surface area contributed by atoms with Gasteiger partial charge in [-0.1, -0.05) is 18.9 Å². The molecule has 3 rings (SSSR count). The molecule has 2 aliphatic rings. The lowest BCUT2D eigenvalue weighted by Crippen LogP contribution is -2.45. The molecule has 1 aliphatic carbocycles. The molecule has 1 saturated heterocycles. The Bertz CT molecular complexity index is 745. The number of aliphatic imine (C=N–C) groups is 1. The Balaban J connectivity index is 0.00000320. The maximum Gasteiger partial charge on any atom is 0.250 e. The highest BCUT2D eigenvalue weighted by atomic mass is 127. The first-order valence-corrected chi connectivity index (χ1v) is 11.2. The van der Waals surface area contributed by atoms with Crippen LogP contribution in [0.5, 0.6) is 0 Å². The van der Waals surface area contributed by atoms with Crippen LogP contribution in [-0.2, 0) is 11.3 Å². The van der Waals surface area contributed by atoms with Gasteiger partial charge < -0.3 is 20.1 Å². The van der Waals surface area contributed by atoms with E-state index in [1.165, 1.54) is 12.8 Å². The third kappa shape index (κ3) is 7.28. The number of hydrogen-bond acceptors (Lipinski definition) is 3. The molecular formula is C22H36IN5O2. The van der Waals surface area contributed by atoms with Crippen molar-refractivity contribution >= 4 is 35.8 Å². The number of hydrogen-bond donors (Lipinski definition) is 2. The fourth-order valence-corrected chi connectivity index (χ4v) is 4.25. The van der Waals surface area contributed by atoms with E-state index in [0.717, 1.165) is 64.2 Å². The van der Waals surface area contributed by atoms with Gasteiger partial charge in [-0.25, -0.2) is 0 Å². The van der Waals surface area contributed by atoms with Crippen molar-refractivity contribution in [2.75, 3.05) is 26.2 Å². The van der Waals surface area contributed by atoms with Gasteiger partial charge in [-0.3, -0.25) is 14.6 Å². The zero-order chi connectivity index (χ0) is 20.5. The first-order chi connectivity index (χ1) is 14.2. The molecule has 0 bridgehead atoms. The number of guanidine groups is 1. The number of aromatic nitrogens is 1. The van der Waals surface area contributed by atoms with Crippen LogP contribution >= 0.6 is 24.0 Å². The number of carbonyl (C=O) groups excluding carboxylic acids is 1. The zero-order valence-electron chi connectivity index (χ0n) is 18.0. The molecule has 1 aliphatic heterocycles. The minimum Gasteiger partial charge on any atom is -0.357 e. The molecule has 30 heavy (non-hydrogen) atoms. The Kier molecular flexibility index (Phi) is 10.7. The maximum atomic E-state index is 12.6. The third-order valence-corrected chi connectivity index (χ3v) is 5.87. The fraction of sp³-hybridized carbons (Fsp3) is 0.682. The molecule has 1 atom stereocenters. The fourth-order valence-electron chi connectivity index (χ4n) is 4.25. The monoisotopic (exact) mass is 529 g/mol. The molecule has 0 radical (unpaired) electrons. The number of nitrogens with one attached hydrogen (secondary N) is 2. The molecule has 0 spiro atoms. The molecule has 8 heteroatoms. The average molecular weight is 529 g/mol. The van der Waals surface area contributed by atoms with Crippen molar-refractivity contribution in [3.05, 3.63) is 34.7 Å². The van der Waals surface area contributed by atoms with Gasteiger partial charge in [0.25, 0.3) is 0 Å². The Morgan fingerprint density at radius 3 is 2.73 bits per heavy atom. The lowest BCUT2D eigenvalue weighted by Gasteiger charge is -2.21. The van der Waals surface area contributed by atoms with E-state index in [-0.39, 0.29) is 41.5 Å². The molecule has 2 heterocycles. The van der Waals surface area contributed by atoms with E-state index in [1.807, 2.05) is 17.2 Å². The molecule has 1 amide bonds. The summed E-state index contributed by atoms with van der Waals surface area (Å²) in [6.07, 6.45) is 9.16. The molecular weight excluding hydrogens is 493 g/mol. The topological polar surface area (TPSA) is 78.7 Å². The van der Waals surface area contributed by atoms with Crippen LogP contribution < -0.4 is 16.2 Å². The largest absolute Gasteiger partial charge is 0.357 e. The molecule has 1 aromatic rings. The summed E-state index contributed by atoms with van der Waals surface area (Å²) in [4.78, 5) is 31.1. The van der Waals surface area contributed by atoms with Crippen LogP contribution in [0.3, 0.4) is 0 Å².